The van der Waals surface area contributed by atoms with Gasteiger partial charge in [0.25, 0.3) is 0 Å². The highest BCUT2D eigenvalue weighted by atomic mass is 35.5. The SMILES string of the molecule is CC(C)(C)OC(=O)NC12CC(C(=O)N/C(=N/O)c3ccc(Cl)c(F)c3)(C1)C2. The number of carbonyl (C=O) groups is 2. The van der Waals surface area contributed by atoms with Gasteiger partial charge in [-0.1, -0.05) is 16.8 Å². The van der Waals surface area contributed by atoms with E-state index in [-0.39, 0.29) is 22.3 Å². The minimum atomic E-state index is -0.685. The van der Waals surface area contributed by atoms with Gasteiger partial charge in [0.1, 0.15) is 11.4 Å². The van der Waals surface area contributed by atoms with Crippen LogP contribution < -0.4 is 10.6 Å². The maximum atomic E-state index is 13.6. The van der Waals surface area contributed by atoms with Crippen molar-refractivity contribution in [3.8, 4) is 0 Å². The van der Waals surface area contributed by atoms with Crippen LogP contribution in [0, 0.1) is 11.2 Å². The Bertz CT molecular complexity index is 815. The number of amidine groups is 1. The molecule has 2 amide bonds. The van der Waals surface area contributed by atoms with Crippen molar-refractivity contribution in [2.24, 2.45) is 10.6 Å². The van der Waals surface area contributed by atoms with Crippen LogP contribution in [0.1, 0.15) is 45.6 Å². The number of nitrogens with one attached hydrogen (secondary N) is 2. The van der Waals surface area contributed by atoms with E-state index in [1.807, 2.05) is 0 Å². The van der Waals surface area contributed by atoms with Crippen molar-refractivity contribution in [3.05, 3.63) is 34.6 Å². The van der Waals surface area contributed by atoms with Crippen molar-refractivity contribution < 1.29 is 23.9 Å². The fourth-order valence-electron chi connectivity index (χ4n) is 3.72. The lowest BCUT2D eigenvalue weighted by atomic mass is 9.39. The van der Waals surface area contributed by atoms with Crippen LogP contribution in [0.2, 0.25) is 5.02 Å². The Morgan fingerprint density at radius 3 is 2.44 bits per heavy atom. The van der Waals surface area contributed by atoms with Gasteiger partial charge in [-0.15, -0.1) is 0 Å². The predicted molar refractivity (Wildman–Crippen MR) is 96.3 cm³/mol. The van der Waals surface area contributed by atoms with Gasteiger partial charge < -0.3 is 20.6 Å². The highest BCUT2D eigenvalue weighted by Crippen LogP contribution is 2.67. The van der Waals surface area contributed by atoms with E-state index in [2.05, 4.69) is 15.8 Å². The summed E-state index contributed by atoms with van der Waals surface area (Å²) in [6, 6.07) is 3.82. The first-order valence-corrected chi connectivity index (χ1v) is 8.86. The number of amides is 2. The molecule has 1 aromatic rings. The second-order valence-electron chi connectivity index (χ2n) is 8.25. The van der Waals surface area contributed by atoms with Gasteiger partial charge in [-0.3, -0.25) is 4.79 Å². The van der Waals surface area contributed by atoms with Crippen LogP contribution in [-0.2, 0) is 9.53 Å². The first-order valence-electron chi connectivity index (χ1n) is 8.48. The lowest BCUT2D eigenvalue weighted by Gasteiger charge is -2.68. The molecule has 3 N–H and O–H groups in total. The smallest absolute Gasteiger partial charge is 0.408 e. The van der Waals surface area contributed by atoms with E-state index in [1.54, 1.807) is 20.8 Å². The molecule has 2 bridgehead atoms. The van der Waals surface area contributed by atoms with Crippen LogP contribution in [0.3, 0.4) is 0 Å². The van der Waals surface area contributed by atoms with Crippen LogP contribution in [0.4, 0.5) is 9.18 Å². The molecule has 3 fully saturated rings. The molecule has 9 heteroatoms. The van der Waals surface area contributed by atoms with Gasteiger partial charge in [0.15, 0.2) is 5.84 Å². The topological polar surface area (TPSA) is 100 Å². The zero-order chi connectivity index (χ0) is 20.0. The first-order chi connectivity index (χ1) is 12.5. The molecular weight excluding hydrogens is 377 g/mol. The van der Waals surface area contributed by atoms with E-state index < -0.39 is 28.5 Å². The Morgan fingerprint density at radius 2 is 1.93 bits per heavy atom. The Kier molecular flexibility index (Phi) is 4.58. The van der Waals surface area contributed by atoms with Gasteiger partial charge in [-0.25, -0.2) is 9.18 Å². The Labute approximate surface area is 160 Å². The molecule has 3 saturated carbocycles. The molecule has 146 valence electrons. The highest BCUT2D eigenvalue weighted by Gasteiger charge is 2.72. The lowest BCUT2D eigenvalue weighted by molar-refractivity contribution is -0.178. The Hall–Kier alpha value is -2.35. The van der Waals surface area contributed by atoms with Crippen molar-refractivity contribution in [1.82, 2.24) is 10.6 Å². The van der Waals surface area contributed by atoms with Crippen LogP contribution in [0.15, 0.2) is 23.4 Å². The standard InChI is InChI=1S/C18H21ClFN3O4/c1-16(2,3)27-15(25)22-18-7-17(8-18,9-18)14(24)21-13(23-26)10-4-5-11(19)12(20)6-10/h4-6,26H,7-9H2,1-3H3,(H,22,25)(H,21,23,24). The van der Waals surface area contributed by atoms with Crippen LogP contribution in [0.5, 0.6) is 0 Å². The van der Waals surface area contributed by atoms with Crippen LogP contribution in [0.25, 0.3) is 0 Å². The number of hydrogen-bond donors (Lipinski definition) is 3. The number of ether oxygens (including phenoxy) is 1. The molecule has 0 aliphatic heterocycles. The van der Waals surface area contributed by atoms with Crippen LogP contribution >= 0.6 is 11.6 Å². The third-order valence-electron chi connectivity index (χ3n) is 4.80. The number of rotatable bonds is 3. The number of hydrogen-bond acceptors (Lipinski definition) is 5. The van der Waals surface area contributed by atoms with E-state index >= 15 is 0 Å². The average Bonchev–Trinajstić information content (AvgIpc) is 2.47. The third kappa shape index (κ3) is 3.71. The fraction of sp³-hybridized carbons (Fsp3) is 0.500. The summed E-state index contributed by atoms with van der Waals surface area (Å²) in [5.74, 6) is -1.18. The fourth-order valence-corrected chi connectivity index (χ4v) is 3.84. The molecule has 0 unspecified atom stereocenters. The molecule has 3 aliphatic rings. The monoisotopic (exact) mass is 397 g/mol. The minimum absolute atomic E-state index is 0.0723. The number of benzene rings is 1. The van der Waals surface area contributed by atoms with Gasteiger partial charge in [0.05, 0.1) is 10.4 Å². The van der Waals surface area contributed by atoms with Gasteiger partial charge in [-0.2, -0.15) is 0 Å². The molecule has 4 rings (SSSR count). The average molecular weight is 398 g/mol. The van der Waals surface area contributed by atoms with Crippen molar-refractivity contribution in [2.75, 3.05) is 0 Å². The predicted octanol–water partition coefficient (Wildman–Crippen LogP) is 3.18. The quantitative estimate of drug-likeness (QED) is 0.315. The van der Waals surface area contributed by atoms with Gasteiger partial charge in [-0.05, 0) is 58.2 Å². The van der Waals surface area contributed by atoms with E-state index in [1.165, 1.54) is 12.1 Å². The van der Waals surface area contributed by atoms with E-state index in [0.717, 1.165) is 6.07 Å². The second kappa shape index (κ2) is 6.37. The Balaban J connectivity index is 1.58. The summed E-state index contributed by atoms with van der Waals surface area (Å²) < 4.78 is 18.8. The maximum absolute atomic E-state index is 13.6. The summed E-state index contributed by atoms with van der Waals surface area (Å²) in [4.78, 5) is 24.5. The highest BCUT2D eigenvalue weighted by molar-refractivity contribution is 6.30. The molecule has 7 nitrogen and oxygen atoms in total. The molecule has 27 heavy (non-hydrogen) atoms. The summed E-state index contributed by atoms with van der Waals surface area (Å²) >= 11 is 5.63. The molecule has 0 spiro atoms. The number of carbonyl (C=O) groups excluding carboxylic acids is 2. The van der Waals surface area contributed by atoms with E-state index in [0.29, 0.717) is 19.3 Å². The minimum Gasteiger partial charge on any atom is -0.444 e. The molecule has 0 atom stereocenters. The lowest BCUT2D eigenvalue weighted by Crippen LogP contribution is -2.78. The zero-order valence-electron chi connectivity index (χ0n) is 15.2. The summed E-state index contributed by atoms with van der Waals surface area (Å²) in [7, 11) is 0. The van der Waals surface area contributed by atoms with Crippen LogP contribution in [-0.4, -0.2) is 34.2 Å². The number of oxime groups is 1. The molecule has 0 radical (unpaired) electrons. The summed E-state index contributed by atoms with van der Waals surface area (Å²) in [5, 5.41) is 17.5. The molecular formula is C18H21ClFN3O4. The molecule has 1 aromatic carbocycles. The summed E-state index contributed by atoms with van der Waals surface area (Å²) in [5.41, 5.74) is -1.46. The van der Waals surface area contributed by atoms with E-state index in [4.69, 9.17) is 16.3 Å². The Morgan fingerprint density at radius 1 is 1.30 bits per heavy atom. The number of halogens is 2. The third-order valence-corrected chi connectivity index (χ3v) is 5.11. The van der Waals surface area contributed by atoms with Gasteiger partial charge in [0.2, 0.25) is 5.91 Å². The maximum Gasteiger partial charge on any atom is 0.408 e. The summed E-state index contributed by atoms with van der Waals surface area (Å²) in [6.07, 6.45) is 0.904. The van der Waals surface area contributed by atoms with E-state index in [9.17, 15) is 19.2 Å². The number of nitrogens with zero attached hydrogens (tertiary/aromatic N) is 1. The molecule has 0 saturated heterocycles. The first kappa shape index (κ1) is 19.4. The van der Waals surface area contributed by atoms with Gasteiger partial charge >= 0.3 is 6.09 Å². The normalized spacial score (nSPS) is 26.5. The van der Waals surface area contributed by atoms with Crippen molar-refractivity contribution in [3.63, 3.8) is 0 Å². The van der Waals surface area contributed by atoms with Crippen molar-refractivity contribution >= 4 is 29.4 Å². The largest absolute Gasteiger partial charge is 0.444 e. The molecule has 0 heterocycles. The van der Waals surface area contributed by atoms with Gasteiger partial charge in [0, 0.05) is 11.1 Å². The van der Waals surface area contributed by atoms with Crippen molar-refractivity contribution in [2.45, 2.75) is 51.2 Å². The summed E-state index contributed by atoms with van der Waals surface area (Å²) in [6.45, 7) is 5.33. The number of alkyl carbamates (subject to hydrolysis) is 1. The molecule has 3 aliphatic carbocycles. The second-order valence-corrected chi connectivity index (χ2v) is 8.66. The zero-order valence-corrected chi connectivity index (χ0v) is 16.0. The molecule has 0 aromatic heterocycles. The van der Waals surface area contributed by atoms with Crippen molar-refractivity contribution in [1.29, 1.82) is 0 Å².